The summed E-state index contributed by atoms with van der Waals surface area (Å²) in [6, 6.07) is 7.43. The molecular formula is C8H9N3S. The Bertz CT molecular complexity index is 290. The van der Waals surface area contributed by atoms with Gasteiger partial charge < -0.3 is 5.73 Å². The Morgan fingerprint density at radius 3 is 2.50 bits per heavy atom. The van der Waals surface area contributed by atoms with Crippen molar-refractivity contribution in [2.45, 2.75) is 4.90 Å². The zero-order chi connectivity index (χ0) is 8.81. The van der Waals surface area contributed by atoms with Crippen LogP contribution in [0.5, 0.6) is 0 Å². The summed E-state index contributed by atoms with van der Waals surface area (Å²) in [6.45, 7) is 0. The zero-order valence-electron chi connectivity index (χ0n) is 6.38. The van der Waals surface area contributed by atoms with Crippen LogP contribution in [0.15, 0.2) is 39.1 Å². The topological polar surface area (TPSA) is 50.7 Å². The van der Waals surface area contributed by atoms with E-state index in [0.717, 1.165) is 10.6 Å². The van der Waals surface area contributed by atoms with Gasteiger partial charge in [0.05, 0.1) is 12.0 Å². The molecular weight excluding hydrogens is 170 g/mol. The van der Waals surface area contributed by atoms with Crippen molar-refractivity contribution in [3.05, 3.63) is 24.3 Å². The number of hydrogen-bond donors (Lipinski definition) is 2. The Hall–Kier alpha value is -1.29. The van der Waals surface area contributed by atoms with Crippen LogP contribution < -0.4 is 5.73 Å². The quantitative estimate of drug-likeness (QED) is 0.404. The molecule has 0 aliphatic rings. The summed E-state index contributed by atoms with van der Waals surface area (Å²) in [7, 11) is 0. The van der Waals surface area contributed by atoms with Crippen molar-refractivity contribution in [1.29, 1.82) is 0 Å². The van der Waals surface area contributed by atoms with Gasteiger partial charge in [0, 0.05) is 4.90 Å². The lowest BCUT2D eigenvalue weighted by Crippen LogP contribution is -1.87. The Kier molecular flexibility index (Phi) is 3.35. The zero-order valence-corrected chi connectivity index (χ0v) is 7.28. The molecule has 1 rings (SSSR count). The largest absolute Gasteiger partial charge is 0.390 e. The smallest absolute Gasteiger partial charge is 0.117 e. The normalized spacial score (nSPS) is 11.4. The van der Waals surface area contributed by atoms with Crippen molar-refractivity contribution in [1.82, 2.24) is 0 Å². The third-order valence-electron chi connectivity index (χ3n) is 1.21. The van der Waals surface area contributed by atoms with Crippen LogP contribution in [0, 0.1) is 0 Å². The van der Waals surface area contributed by atoms with E-state index in [-0.39, 0.29) is 0 Å². The molecule has 0 spiro atoms. The van der Waals surface area contributed by atoms with Gasteiger partial charge in [0.25, 0.3) is 0 Å². The minimum Gasteiger partial charge on any atom is -0.390 e. The fourth-order valence-electron chi connectivity index (χ4n) is 0.677. The van der Waals surface area contributed by atoms with E-state index in [2.05, 4.69) is 22.6 Å². The van der Waals surface area contributed by atoms with Gasteiger partial charge in [-0.05, 0) is 24.3 Å². The van der Waals surface area contributed by atoms with E-state index in [1.807, 2.05) is 24.3 Å². The van der Waals surface area contributed by atoms with Crippen LogP contribution >= 0.6 is 12.6 Å². The number of hydrogen-bond acceptors (Lipinski definition) is 2. The highest BCUT2D eigenvalue weighted by molar-refractivity contribution is 7.80. The van der Waals surface area contributed by atoms with E-state index in [9.17, 15) is 0 Å². The fraction of sp³-hybridized carbons (Fsp3) is 0. The van der Waals surface area contributed by atoms with Crippen LogP contribution in [-0.4, -0.2) is 12.7 Å². The average Bonchev–Trinajstić information content (AvgIpc) is 2.09. The highest BCUT2D eigenvalue weighted by Gasteiger charge is 1.85. The van der Waals surface area contributed by atoms with E-state index in [0.29, 0.717) is 0 Å². The van der Waals surface area contributed by atoms with Crippen molar-refractivity contribution < 1.29 is 0 Å². The Morgan fingerprint density at radius 2 is 1.92 bits per heavy atom. The van der Waals surface area contributed by atoms with Gasteiger partial charge in [-0.25, -0.2) is 9.98 Å². The second kappa shape index (κ2) is 4.56. The minimum absolute atomic E-state index is 0.832. The second-order valence-electron chi connectivity index (χ2n) is 2.06. The highest BCUT2D eigenvalue weighted by Crippen LogP contribution is 2.14. The van der Waals surface area contributed by atoms with E-state index < -0.39 is 0 Å². The molecule has 0 atom stereocenters. The molecule has 0 saturated heterocycles. The Balaban J connectivity index is 2.70. The average molecular weight is 179 g/mol. The van der Waals surface area contributed by atoms with Gasteiger partial charge in [-0.15, -0.1) is 12.6 Å². The van der Waals surface area contributed by atoms with Gasteiger partial charge in [0.2, 0.25) is 0 Å². The Labute approximate surface area is 76.4 Å². The molecule has 12 heavy (non-hydrogen) atoms. The molecule has 0 aliphatic heterocycles. The van der Waals surface area contributed by atoms with Crippen molar-refractivity contribution in [3.63, 3.8) is 0 Å². The summed E-state index contributed by atoms with van der Waals surface area (Å²) in [6.07, 6.45) is 2.59. The molecule has 0 fully saturated rings. The summed E-state index contributed by atoms with van der Waals surface area (Å²) in [4.78, 5) is 8.54. The van der Waals surface area contributed by atoms with Gasteiger partial charge in [0.1, 0.15) is 6.34 Å². The van der Waals surface area contributed by atoms with Crippen molar-refractivity contribution in [2.75, 3.05) is 0 Å². The van der Waals surface area contributed by atoms with Crippen molar-refractivity contribution in [3.8, 4) is 0 Å². The first-order valence-corrected chi connectivity index (χ1v) is 3.82. The predicted molar refractivity (Wildman–Crippen MR) is 54.5 cm³/mol. The van der Waals surface area contributed by atoms with E-state index in [1.54, 1.807) is 0 Å². The summed E-state index contributed by atoms with van der Waals surface area (Å²) in [5.41, 5.74) is 5.85. The molecule has 2 N–H and O–H groups in total. The molecule has 4 heteroatoms. The summed E-state index contributed by atoms with van der Waals surface area (Å²) >= 11 is 4.14. The third kappa shape index (κ3) is 2.75. The molecule has 0 unspecified atom stereocenters. The SMILES string of the molecule is NC=NC=Nc1ccc(S)cc1. The molecule has 1 aromatic rings. The van der Waals surface area contributed by atoms with Gasteiger partial charge in [-0.2, -0.15) is 0 Å². The molecule has 62 valence electrons. The second-order valence-corrected chi connectivity index (χ2v) is 2.58. The van der Waals surface area contributed by atoms with Gasteiger partial charge >= 0.3 is 0 Å². The van der Waals surface area contributed by atoms with Gasteiger partial charge in [-0.1, -0.05) is 0 Å². The Morgan fingerprint density at radius 1 is 1.25 bits per heavy atom. The van der Waals surface area contributed by atoms with Gasteiger partial charge in [-0.3, -0.25) is 0 Å². The first-order chi connectivity index (χ1) is 5.83. The van der Waals surface area contributed by atoms with Crippen LogP contribution in [0.1, 0.15) is 0 Å². The maximum atomic E-state index is 5.02. The maximum absolute atomic E-state index is 5.02. The molecule has 0 heterocycles. The van der Waals surface area contributed by atoms with Crippen LogP contribution in [0.25, 0.3) is 0 Å². The van der Waals surface area contributed by atoms with E-state index in [4.69, 9.17) is 5.73 Å². The van der Waals surface area contributed by atoms with Crippen LogP contribution in [0.3, 0.4) is 0 Å². The lowest BCUT2D eigenvalue weighted by molar-refractivity contribution is 1.43. The lowest BCUT2D eigenvalue weighted by Gasteiger charge is -1.91. The predicted octanol–water partition coefficient (Wildman–Crippen LogP) is 1.62. The van der Waals surface area contributed by atoms with E-state index >= 15 is 0 Å². The fourth-order valence-corrected chi connectivity index (χ4v) is 0.826. The number of rotatable bonds is 2. The standard InChI is InChI=1S/C8H9N3S/c9-5-10-6-11-7-1-3-8(12)4-2-7/h1-6,12H,(H2,9,10,11). The molecule has 0 aromatic heterocycles. The molecule has 1 aromatic carbocycles. The lowest BCUT2D eigenvalue weighted by atomic mass is 10.3. The third-order valence-corrected chi connectivity index (χ3v) is 1.51. The number of thiol groups is 1. The summed E-state index contributed by atoms with van der Waals surface area (Å²) < 4.78 is 0. The monoisotopic (exact) mass is 179 g/mol. The molecule has 0 amide bonds. The molecule has 0 bridgehead atoms. The van der Waals surface area contributed by atoms with E-state index in [1.165, 1.54) is 12.7 Å². The van der Waals surface area contributed by atoms with Crippen LogP contribution in [0.4, 0.5) is 5.69 Å². The maximum Gasteiger partial charge on any atom is 0.117 e. The number of benzene rings is 1. The van der Waals surface area contributed by atoms with Gasteiger partial charge in [0.15, 0.2) is 0 Å². The first-order valence-electron chi connectivity index (χ1n) is 3.38. The minimum atomic E-state index is 0.832. The first kappa shape index (κ1) is 8.80. The van der Waals surface area contributed by atoms with Crippen molar-refractivity contribution in [2.24, 2.45) is 15.7 Å². The molecule has 0 saturated carbocycles. The van der Waals surface area contributed by atoms with Crippen LogP contribution in [-0.2, 0) is 0 Å². The summed E-state index contributed by atoms with van der Waals surface area (Å²) in [5, 5.41) is 0. The molecule has 3 nitrogen and oxygen atoms in total. The molecule has 0 aliphatic carbocycles. The van der Waals surface area contributed by atoms with Crippen molar-refractivity contribution >= 4 is 31.0 Å². The number of nitrogens with two attached hydrogens (primary N) is 1. The number of nitrogens with zero attached hydrogens (tertiary/aromatic N) is 2. The van der Waals surface area contributed by atoms with Crippen LogP contribution in [0.2, 0.25) is 0 Å². The molecule has 0 radical (unpaired) electrons. The highest BCUT2D eigenvalue weighted by atomic mass is 32.1. The summed E-state index contributed by atoms with van der Waals surface area (Å²) in [5.74, 6) is 0. The number of aliphatic imine (C=N–C) groups is 2.